The minimum Gasteiger partial charge on any atom is -0.381 e. The van der Waals surface area contributed by atoms with Gasteiger partial charge in [0.05, 0.1) is 0 Å². The number of benzene rings is 1. The van der Waals surface area contributed by atoms with Gasteiger partial charge >= 0.3 is 0 Å². The van der Waals surface area contributed by atoms with E-state index in [2.05, 4.69) is 34.7 Å². The molecule has 1 aromatic heterocycles. The number of aromatic nitrogens is 1. The van der Waals surface area contributed by atoms with Crippen molar-refractivity contribution >= 4 is 0 Å². The molecule has 0 aliphatic carbocycles. The molecule has 1 aliphatic rings. The standard InChI is InChI=1S/C15H18N2O2/c1-3-13(15-7-10-19-17-15)4-2-12(1)11-16-14-5-8-18-9-6-14/h1-4,7,10,14,16H,5-6,8-9,11H2. The van der Waals surface area contributed by atoms with Gasteiger partial charge in [-0.15, -0.1) is 0 Å². The Hall–Kier alpha value is -1.65. The molecule has 4 heteroatoms. The van der Waals surface area contributed by atoms with E-state index in [0.717, 1.165) is 43.9 Å². The van der Waals surface area contributed by atoms with Crippen molar-refractivity contribution in [3.8, 4) is 11.3 Å². The summed E-state index contributed by atoms with van der Waals surface area (Å²) in [6.07, 6.45) is 3.81. The number of nitrogens with one attached hydrogen (secondary N) is 1. The van der Waals surface area contributed by atoms with E-state index in [1.807, 2.05) is 6.07 Å². The molecule has 2 heterocycles. The molecular weight excluding hydrogens is 240 g/mol. The SMILES string of the molecule is c1cc(-c2ccc(CNC3CCOCC3)cc2)no1. The van der Waals surface area contributed by atoms with Crippen LogP contribution >= 0.6 is 0 Å². The van der Waals surface area contributed by atoms with Gasteiger partial charge in [0.25, 0.3) is 0 Å². The van der Waals surface area contributed by atoms with E-state index in [1.54, 1.807) is 6.26 Å². The summed E-state index contributed by atoms with van der Waals surface area (Å²) >= 11 is 0. The van der Waals surface area contributed by atoms with E-state index in [4.69, 9.17) is 9.26 Å². The van der Waals surface area contributed by atoms with E-state index in [1.165, 1.54) is 5.56 Å². The van der Waals surface area contributed by atoms with Crippen LogP contribution in [0.4, 0.5) is 0 Å². The fourth-order valence-corrected chi connectivity index (χ4v) is 2.32. The Kier molecular flexibility index (Phi) is 3.91. The van der Waals surface area contributed by atoms with Crippen LogP contribution in [0.25, 0.3) is 11.3 Å². The van der Waals surface area contributed by atoms with Crippen LogP contribution in [0, 0.1) is 0 Å². The van der Waals surface area contributed by atoms with Crippen LogP contribution in [0.1, 0.15) is 18.4 Å². The van der Waals surface area contributed by atoms with Crippen LogP contribution in [0.2, 0.25) is 0 Å². The molecule has 0 spiro atoms. The first-order valence-corrected chi connectivity index (χ1v) is 6.72. The summed E-state index contributed by atoms with van der Waals surface area (Å²) in [4.78, 5) is 0. The Balaban J connectivity index is 1.57. The summed E-state index contributed by atoms with van der Waals surface area (Å²) in [5, 5.41) is 7.51. The van der Waals surface area contributed by atoms with Gasteiger partial charge in [-0.05, 0) is 18.4 Å². The van der Waals surface area contributed by atoms with Crippen LogP contribution in [-0.4, -0.2) is 24.4 Å². The van der Waals surface area contributed by atoms with Gasteiger partial charge in [-0.3, -0.25) is 0 Å². The van der Waals surface area contributed by atoms with Crippen molar-refractivity contribution in [3.63, 3.8) is 0 Å². The van der Waals surface area contributed by atoms with Gasteiger partial charge in [-0.1, -0.05) is 29.4 Å². The van der Waals surface area contributed by atoms with Crippen molar-refractivity contribution < 1.29 is 9.26 Å². The van der Waals surface area contributed by atoms with Crippen molar-refractivity contribution in [1.82, 2.24) is 10.5 Å². The molecule has 0 atom stereocenters. The third-order valence-electron chi connectivity index (χ3n) is 3.50. The molecule has 1 saturated heterocycles. The summed E-state index contributed by atoms with van der Waals surface area (Å²) in [5.74, 6) is 0. The van der Waals surface area contributed by atoms with Gasteiger partial charge < -0.3 is 14.6 Å². The first kappa shape index (κ1) is 12.4. The molecule has 19 heavy (non-hydrogen) atoms. The van der Waals surface area contributed by atoms with Gasteiger partial charge in [0, 0.05) is 37.4 Å². The van der Waals surface area contributed by atoms with Gasteiger partial charge in [-0.25, -0.2) is 0 Å². The fraction of sp³-hybridized carbons (Fsp3) is 0.400. The highest BCUT2D eigenvalue weighted by Crippen LogP contribution is 2.17. The zero-order valence-electron chi connectivity index (χ0n) is 10.8. The minimum atomic E-state index is 0.587. The third kappa shape index (κ3) is 3.22. The van der Waals surface area contributed by atoms with Gasteiger partial charge in [0.1, 0.15) is 12.0 Å². The predicted molar refractivity (Wildman–Crippen MR) is 72.6 cm³/mol. The maximum Gasteiger partial charge on any atom is 0.124 e. The average molecular weight is 258 g/mol. The largest absolute Gasteiger partial charge is 0.381 e. The van der Waals surface area contributed by atoms with Crippen LogP contribution < -0.4 is 5.32 Å². The lowest BCUT2D eigenvalue weighted by Crippen LogP contribution is -2.34. The highest BCUT2D eigenvalue weighted by molar-refractivity contribution is 5.58. The summed E-state index contributed by atoms with van der Waals surface area (Å²) in [6, 6.07) is 10.9. The number of hydrogen-bond donors (Lipinski definition) is 1. The molecule has 2 aromatic rings. The lowest BCUT2D eigenvalue weighted by molar-refractivity contribution is 0.0776. The van der Waals surface area contributed by atoms with E-state index >= 15 is 0 Å². The molecule has 0 radical (unpaired) electrons. The second kappa shape index (κ2) is 5.99. The highest BCUT2D eigenvalue weighted by Gasteiger charge is 2.12. The molecule has 1 N–H and O–H groups in total. The lowest BCUT2D eigenvalue weighted by Gasteiger charge is -2.23. The zero-order chi connectivity index (χ0) is 12.9. The lowest BCUT2D eigenvalue weighted by atomic mass is 10.1. The zero-order valence-corrected chi connectivity index (χ0v) is 10.8. The number of rotatable bonds is 4. The molecule has 100 valence electrons. The smallest absolute Gasteiger partial charge is 0.124 e. The third-order valence-corrected chi connectivity index (χ3v) is 3.50. The van der Waals surface area contributed by atoms with Crippen molar-refractivity contribution in [2.75, 3.05) is 13.2 Å². The molecule has 0 bridgehead atoms. The number of ether oxygens (including phenoxy) is 1. The van der Waals surface area contributed by atoms with E-state index in [-0.39, 0.29) is 0 Å². The van der Waals surface area contributed by atoms with Crippen molar-refractivity contribution in [2.24, 2.45) is 0 Å². The normalized spacial score (nSPS) is 16.6. The van der Waals surface area contributed by atoms with Crippen molar-refractivity contribution in [3.05, 3.63) is 42.2 Å². The first-order chi connectivity index (χ1) is 9.42. The maximum atomic E-state index is 5.35. The van der Waals surface area contributed by atoms with Gasteiger partial charge in [0.15, 0.2) is 0 Å². The van der Waals surface area contributed by atoms with Gasteiger partial charge in [-0.2, -0.15) is 0 Å². The predicted octanol–water partition coefficient (Wildman–Crippen LogP) is 2.61. The van der Waals surface area contributed by atoms with Crippen molar-refractivity contribution in [2.45, 2.75) is 25.4 Å². The number of nitrogens with zero attached hydrogens (tertiary/aromatic N) is 1. The quantitative estimate of drug-likeness (QED) is 0.915. The maximum absolute atomic E-state index is 5.35. The Bertz CT molecular complexity index is 487. The second-order valence-corrected chi connectivity index (χ2v) is 4.85. The average Bonchev–Trinajstić information content (AvgIpc) is 3.01. The molecule has 3 rings (SSSR count). The van der Waals surface area contributed by atoms with Gasteiger partial charge in [0.2, 0.25) is 0 Å². The molecule has 1 aliphatic heterocycles. The van der Waals surface area contributed by atoms with E-state index in [0.29, 0.717) is 6.04 Å². The topological polar surface area (TPSA) is 47.3 Å². The molecular formula is C15H18N2O2. The monoisotopic (exact) mass is 258 g/mol. The summed E-state index contributed by atoms with van der Waals surface area (Å²) < 4.78 is 10.2. The highest BCUT2D eigenvalue weighted by atomic mass is 16.5. The summed E-state index contributed by atoms with van der Waals surface area (Å²) in [7, 11) is 0. The van der Waals surface area contributed by atoms with Crippen LogP contribution in [0.5, 0.6) is 0 Å². The first-order valence-electron chi connectivity index (χ1n) is 6.72. The van der Waals surface area contributed by atoms with E-state index < -0.39 is 0 Å². The Labute approximate surface area is 112 Å². The molecule has 0 unspecified atom stereocenters. The molecule has 1 aromatic carbocycles. The van der Waals surface area contributed by atoms with Crippen LogP contribution in [0.3, 0.4) is 0 Å². The van der Waals surface area contributed by atoms with Crippen LogP contribution in [0.15, 0.2) is 41.1 Å². The Morgan fingerprint density at radius 3 is 2.58 bits per heavy atom. The molecule has 1 fully saturated rings. The Morgan fingerprint density at radius 1 is 1.11 bits per heavy atom. The Morgan fingerprint density at radius 2 is 1.89 bits per heavy atom. The second-order valence-electron chi connectivity index (χ2n) is 4.85. The summed E-state index contributed by atoms with van der Waals surface area (Å²) in [6.45, 7) is 2.66. The molecule has 4 nitrogen and oxygen atoms in total. The number of hydrogen-bond acceptors (Lipinski definition) is 4. The van der Waals surface area contributed by atoms with Crippen molar-refractivity contribution in [1.29, 1.82) is 0 Å². The van der Waals surface area contributed by atoms with Crippen LogP contribution in [-0.2, 0) is 11.3 Å². The molecule has 0 amide bonds. The summed E-state index contributed by atoms with van der Waals surface area (Å²) in [5.41, 5.74) is 3.26. The fourth-order valence-electron chi connectivity index (χ4n) is 2.32. The molecule has 0 saturated carbocycles. The minimum absolute atomic E-state index is 0.587. The van der Waals surface area contributed by atoms with E-state index in [9.17, 15) is 0 Å².